The summed E-state index contributed by atoms with van der Waals surface area (Å²) in [5, 5.41) is 0. The number of alkyl halides is 2. The standard InChI is InChI=1S/C17H18F2O3/c1-22-16(21)13-9-7-12(8-10-13)11-14-5-3-2-4-6-15(20)17(14,18)19/h7-11H,2-6H2,1H3/b14-11+. The zero-order valence-corrected chi connectivity index (χ0v) is 12.4. The van der Waals surface area contributed by atoms with Crippen molar-refractivity contribution >= 4 is 17.8 Å². The molecule has 22 heavy (non-hydrogen) atoms. The Morgan fingerprint density at radius 1 is 1.14 bits per heavy atom. The first kappa shape index (κ1) is 16.3. The van der Waals surface area contributed by atoms with E-state index in [0.717, 1.165) is 6.42 Å². The minimum atomic E-state index is -3.40. The number of ether oxygens (including phenoxy) is 1. The van der Waals surface area contributed by atoms with Crippen LogP contribution < -0.4 is 0 Å². The fourth-order valence-corrected chi connectivity index (χ4v) is 2.47. The predicted molar refractivity (Wildman–Crippen MR) is 78.8 cm³/mol. The summed E-state index contributed by atoms with van der Waals surface area (Å²) in [6, 6.07) is 6.17. The zero-order chi connectivity index (χ0) is 16.2. The van der Waals surface area contributed by atoms with Crippen molar-refractivity contribution in [1.29, 1.82) is 0 Å². The molecule has 118 valence electrons. The first-order chi connectivity index (χ1) is 10.4. The van der Waals surface area contributed by atoms with Gasteiger partial charge in [0.1, 0.15) is 0 Å². The number of methoxy groups -OCH3 is 1. The maximum Gasteiger partial charge on any atom is 0.337 e. The molecule has 1 aliphatic carbocycles. The van der Waals surface area contributed by atoms with Crippen molar-refractivity contribution in [1.82, 2.24) is 0 Å². The van der Waals surface area contributed by atoms with Gasteiger partial charge in [-0.2, -0.15) is 8.78 Å². The number of esters is 1. The molecule has 1 aromatic rings. The average Bonchev–Trinajstić information content (AvgIpc) is 2.52. The third kappa shape index (κ3) is 3.59. The minimum Gasteiger partial charge on any atom is -0.465 e. The van der Waals surface area contributed by atoms with Crippen molar-refractivity contribution in [2.75, 3.05) is 7.11 Å². The number of Topliss-reactive ketones (excluding diaryl/α,β-unsaturated/α-hetero) is 1. The van der Waals surface area contributed by atoms with E-state index >= 15 is 0 Å². The van der Waals surface area contributed by atoms with Gasteiger partial charge in [-0.25, -0.2) is 4.79 Å². The molecule has 0 N–H and O–H groups in total. The fourth-order valence-electron chi connectivity index (χ4n) is 2.47. The second kappa shape index (κ2) is 6.81. The molecular formula is C17H18F2O3. The van der Waals surface area contributed by atoms with Crippen LogP contribution >= 0.6 is 0 Å². The Morgan fingerprint density at radius 2 is 1.77 bits per heavy atom. The van der Waals surface area contributed by atoms with E-state index in [-0.39, 0.29) is 18.4 Å². The Hall–Kier alpha value is -2.04. The number of ketones is 1. The van der Waals surface area contributed by atoms with Crippen molar-refractivity contribution in [2.45, 2.75) is 38.0 Å². The quantitative estimate of drug-likeness (QED) is 0.775. The molecule has 0 bridgehead atoms. The average molecular weight is 308 g/mol. The van der Waals surface area contributed by atoms with Crippen molar-refractivity contribution in [2.24, 2.45) is 0 Å². The molecule has 0 aliphatic heterocycles. The Kier molecular flexibility index (Phi) is 5.06. The molecule has 0 saturated heterocycles. The second-order valence-corrected chi connectivity index (χ2v) is 5.34. The Bertz CT molecular complexity index is 588. The van der Waals surface area contributed by atoms with Crippen LogP contribution in [0.3, 0.4) is 0 Å². The van der Waals surface area contributed by atoms with Gasteiger partial charge in [0.25, 0.3) is 0 Å². The lowest BCUT2D eigenvalue weighted by atomic mass is 9.90. The van der Waals surface area contributed by atoms with E-state index in [1.54, 1.807) is 12.1 Å². The molecule has 0 aromatic heterocycles. The highest BCUT2D eigenvalue weighted by Gasteiger charge is 2.42. The molecule has 1 fully saturated rings. The van der Waals surface area contributed by atoms with E-state index in [2.05, 4.69) is 4.74 Å². The summed E-state index contributed by atoms with van der Waals surface area (Å²) in [6.45, 7) is 0. The highest BCUT2D eigenvalue weighted by Crippen LogP contribution is 2.34. The number of carbonyl (C=O) groups excluding carboxylic acids is 2. The lowest BCUT2D eigenvalue weighted by Crippen LogP contribution is -2.32. The summed E-state index contributed by atoms with van der Waals surface area (Å²) >= 11 is 0. The van der Waals surface area contributed by atoms with Gasteiger partial charge in [0.2, 0.25) is 5.78 Å². The summed E-state index contributed by atoms with van der Waals surface area (Å²) in [5.41, 5.74) is 0.740. The van der Waals surface area contributed by atoms with Crippen molar-refractivity contribution in [3.63, 3.8) is 0 Å². The van der Waals surface area contributed by atoms with Gasteiger partial charge in [-0.15, -0.1) is 0 Å². The molecule has 1 saturated carbocycles. The second-order valence-electron chi connectivity index (χ2n) is 5.34. The number of allylic oxidation sites excluding steroid dienone is 1. The number of benzene rings is 1. The Morgan fingerprint density at radius 3 is 2.41 bits per heavy atom. The van der Waals surface area contributed by atoms with Gasteiger partial charge in [-0.3, -0.25) is 4.79 Å². The van der Waals surface area contributed by atoms with E-state index in [0.29, 0.717) is 24.0 Å². The topological polar surface area (TPSA) is 43.4 Å². The molecule has 5 heteroatoms. The molecule has 0 amide bonds. The van der Waals surface area contributed by atoms with Crippen LogP contribution in [0.25, 0.3) is 6.08 Å². The van der Waals surface area contributed by atoms with Crippen LogP contribution in [-0.2, 0) is 9.53 Å². The summed E-state index contributed by atoms with van der Waals surface area (Å²) in [4.78, 5) is 23.0. The van der Waals surface area contributed by atoms with Gasteiger partial charge >= 0.3 is 11.9 Å². The molecule has 0 spiro atoms. The van der Waals surface area contributed by atoms with Crippen LogP contribution in [0, 0.1) is 0 Å². The highest BCUT2D eigenvalue weighted by molar-refractivity contribution is 5.91. The predicted octanol–water partition coefficient (Wildman–Crippen LogP) is 4.03. The summed E-state index contributed by atoms with van der Waals surface area (Å²) < 4.78 is 32.9. The van der Waals surface area contributed by atoms with Crippen molar-refractivity contribution in [3.05, 3.63) is 41.0 Å². The summed E-state index contributed by atoms with van der Waals surface area (Å²) in [5.74, 6) is -4.89. The van der Waals surface area contributed by atoms with E-state index in [4.69, 9.17) is 0 Å². The molecular weight excluding hydrogens is 290 g/mol. The minimum absolute atomic E-state index is 0.0778. The van der Waals surface area contributed by atoms with Crippen LogP contribution in [0.1, 0.15) is 48.0 Å². The maximum atomic E-state index is 14.2. The zero-order valence-electron chi connectivity index (χ0n) is 12.4. The van der Waals surface area contributed by atoms with Crippen LogP contribution in [0.2, 0.25) is 0 Å². The smallest absolute Gasteiger partial charge is 0.337 e. The van der Waals surface area contributed by atoms with Gasteiger partial charge in [0, 0.05) is 12.0 Å². The molecule has 1 aliphatic rings. The molecule has 0 heterocycles. The van der Waals surface area contributed by atoms with Crippen molar-refractivity contribution in [3.8, 4) is 0 Å². The maximum absolute atomic E-state index is 14.2. The first-order valence-electron chi connectivity index (χ1n) is 7.25. The summed E-state index contributed by atoms with van der Waals surface area (Å²) in [7, 11) is 1.28. The first-order valence-corrected chi connectivity index (χ1v) is 7.25. The van der Waals surface area contributed by atoms with E-state index in [1.165, 1.54) is 25.3 Å². The van der Waals surface area contributed by atoms with Crippen LogP contribution in [0.15, 0.2) is 29.8 Å². The third-order valence-corrected chi connectivity index (χ3v) is 3.78. The van der Waals surface area contributed by atoms with E-state index in [9.17, 15) is 18.4 Å². The van der Waals surface area contributed by atoms with Gasteiger partial charge < -0.3 is 4.74 Å². The van der Waals surface area contributed by atoms with Gasteiger partial charge in [0.05, 0.1) is 12.7 Å². The molecule has 0 unspecified atom stereocenters. The monoisotopic (exact) mass is 308 g/mol. The Labute approximate surface area is 128 Å². The van der Waals surface area contributed by atoms with E-state index < -0.39 is 17.7 Å². The van der Waals surface area contributed by atoms with Crippen LogP contribution in [0.5, 0.6) is 0 Å². The normalized spacial score (nSPS) is 20.3. The van der Waals surface area contributed by atoms with Crippen LogP contribution in [-0.4, -0.2) is 24.8 Å². The highest BCUT2D eigenvalue weighted by atomic mass is 19.3. The summed E-state index contributed by atoms with van der Waals surface area (Å²) in [6.07, 6.45) is 3.43. The number of carbonyl (C=O) groups is 2. The fraction of sp³-hybridized carbons (Fsp3) is 0.412. The van der Waals surface area contributed by atoms with Gasteiger partial charge in [-0.05, 0) is 43.0 Å². The SMILES string of the molecule is COC(=O)c1ccc(/C=C2\CCCCCC(=O)C2(F)F)cc1. The molecule has 0 atom stereocenters. The molecule has 3 nitrogen and oxygen atoms in total. The largest absolute Gasteiger partial charge is 0.465 e. The molecule has 0 radical (unpaired) electrons. The van der Waals surface area contributed by atoms with E-state index in [1.807, 2.05) is 0 Å². The lowest BCUT2D eigenvalue weighted by Gasteiger charge is -2.21. The Balaban J connectivity index is 2.28. The van der Waals surface area contributed by atoms with Crippen molar-refractivity contribution < 1.29 is 23.1 Å². The van der Waals surface area contributed by atoms with Gasteiger partial charge in [-0.1, -0.05) is 18.6 Å². The lowest BCUT2D eigenvalue weighted by molar-refractivity contribution is -0.138. The van der Waals surface area contributed by atoms with Gasteiger partial charge in [0.15, 0.2) is 0 Å². The molecule has 1 aromatic carbocycles. The number of hydrogen-bond acceptors (Lipinski definition) is 3. The van der Waals surface area contributed by atoms with Crippen LogP contribution in [0.4, 0.5) is 8.78 Å². The third-order valence-electron chi connectivity index (χ3n) is 3.78. The number of hydrogen-bond donors (Lipinski definition) is 0. The number of halogens is 2. The number of rotatable bonds is 2. The molecule has 2 rings (SSSR count).